The number of aliphatic hydroxyl groups is 1. The van der Waals surface area contributed by atoms with Crippen LogP contribution >= 0.6 is 0 Å². The first kappa shape index (κ1) is 18.3. The number of carbonyl (C=O) groups excluding carboxylic acids is 2. The summed E-state index contributed by atoms with van der Waals surface area (Å²) >= 11 is 0. The first-order valence-electron chi connectivity index (χ1n) is 6.57. The molecule has 0 aliphatic rings. The lowest BCUT2D eigenvalue weighted by atomic mass is 9.93. The molecule has 0 saturated heterocycles. The van der Waals surface area contributed by atoms with Gasteiger partial charge in [-0.2, -0.15) is 0 Å². The minimum atomic E-state index is -0.944. The molecule has 0 aliphatic heterocycles. The largest absolute Gasteiger partial charge is 0.463 e. The molecule has 0 spiro atoms. The van der Waals surface area contributed by atoms with Crippen LogP contribution in [0.15, 0.2) is 17.3 Å². The minimum Gasteiger partial charge on any atom is -0.463 e. The average Bonchev–Trinajstić information content (AvgIpc) is 2.35. The zero-order valence-electron chi connectivity index (χ0n) is 12.6. The monoisotopic (exact) mass is 285 g/mol. The van der Waals surface area contributed by atoms with Crippen molar-refractivity contribution in [3.8, 4) is 0 Å². The van der Waals surface area contributed by atoms with Gasteiger partial charge < -0.3 is 14.7 Å². The van der Waals surface area contributed by atoms with Gasteiger partial charge in [0.25, 0.3) is 0 Å². The second-order valence-electron chi connectivity index (χ2n) is 4.67. The topological polar surface area (TPSA) is 85.2 Å². The number of hydrogen-bond acceptors (Lipinski definition) is 6. The van der Waals surface area contributed by atoms with E-state index >= 15 is 0 Å². The van der Waals surface area contributed by atoms with Crippen LogP contribution in [0, 0.1) is 11.8 Å². The number of nitrogens with zero attached hydrogens (tertiary/aromatic N) is 1. The van der Waals surface area contributed by atoms with Crippen molar-refractivity contribution in [1.82, 2.24) is 0 Å². The summed E-state index contributed by atoms with van der Waals surface area (Å²) in [5.74, 6) is -1.47. The highest BCUT2D eigenvalue weighted by Crippen LogP contribution is 2.13. The van der Waals surface area contributed by atoms with E-state index in [-0.39, 0.29) is 11.8 Å². The first-order chi connectivity index (χ1) is 9.29. The third-order valence-electron chi connectivity index (χ3n) is 2.49. The predicted octanol–water partition coefficient (Wildman–Crippen LogP) is 1.68. The fraction of sp³-hybridized carbons (Fsp3) is 0.643. The molecule has 0 aromatic carbocycles. The molecule has 6 nitrogen and oxygen atoms in total. The molecular formula is C14H23NO5. The Labute approximate surface area is 119 Å². The maximum absolute atomic E-state index is 11.2. The van der Waals surface area contributed by atoms with Crippen molar-refractivity contribution in [3.63, 3.8) is 0 Å². The number of carbonyl (C=O) groups is 2. The van der Waals surface area contributed by atoms with Gasteiger partial charge in [0.05, 0.1) is 12.3 Å². The Morgan fingerprint density at radius 1 is 1.30 bits per heavy atom. The van der Waals surface area contributed by atoms with Gasteiger partial charge in [-0.15, -0.1) is 0 Å². The summed E-state index contributed by atoms with van der Waals surface area (Å²) in [6, 6.07) is 0. The van der Waals surface area contributed by atoms with Crippen molar-refractivity contribution >= 4 is 17.7 Å². The molecule has 1 N–H and O–H groups in total. The molecular weight excluding hydrogens is 262 g/mol. The SMILES string of the molecule is CCOC(=O)/C=C/[C@@H](C)[C@@H](O)/C(=N/OC(C)=O)C(C)C. The molecule has 0 aromatic heterocycles. The quantitative estimate of drug-likeness (QED) is 0.253. The van der Waals surface area contributed by atoms with Gasteiger partial charge in [0.15, 0.2) is 0 Å². The zero-order chi connectivity index (χ0) is 15.7. The Bertz CT molecular complexity index is 387. The Morgan fingerprint density at radius 2 is 1.90 bits per heavy atom. The van der Waals surface area contributed by atoms with E-state index in [1.165, 1.54) is 19.1 Å². The van der Waals surface area contributed by atoms with E-state index in [4.69, 9.17) is 4.74 Å². The molecule has 20 heavy (non-hydrogen) atoms. The highest BCUT2D eigenvalue weighted by atomic mass is 16.7. The summed E-state index contributed by atoms with van der Waals surface area (Å²) in [5.41, 5.74) is 0.348. The molecule has 0 heterocycles. The Hall–Kier alpha value is -1.69. The van der Waals surface area contributed by atoms with Crippen molar-refractivity contribution in [2.24, 2.45) is 17.0 Å². The molecule has 0 fully saturated rings. The third-order valence-corrected chi connectivity index (χ3v) is 2.49. The van der Waals surface area contributed by atoms with E-state index in [1.54, 1.807) is 13.8 Å². The third kappa shape index (κ3) is 7.04. The number of esters is 1. The van der Waals surface area contributed by atoms with Gasteiger partial charge in [-0.05, 0) is 12.8 Å². The molecule has 0 bridgehead atoms. The van der Waals surface area contributed by atoms with E-state index in [1.807, 2.05) is 13.8 Å². The Kier molecular flexibility index (Phi) is 8.47. The Balaban J connectivity index is 4.80. The molecule has 0 rings (SSSR count). The fourth-order valence-electron chi connectivity index (χ4n) is 1.41. The number of hydrogen-bond donors (Lipinski definition) is 1. The van der Waals surface area contributed by atoms with Crippen LogP contribution in [0.1, 0.15) is 34.6 Å². The van der Waals surface area contributed by atoms with Crippen molar-refractivity contribution in [2.45, 2.75) is 40.7 Å². The summed E-state index contributed by atoms with van der Waals surface area (Å²) in [6.45, 7) is 8.63. The minimum absolute atomic E-state index is 0.0946. The van der Waals surface area contributed by atoms with Crippen LogP contribution in [0.3, 0.4) is 0 Å². The second kappa shape index (κ2) is 9.25. The normalized spacial score (nSPS) is 15.2. The Morgan fingerprint density at radius 3 is 2.35 bits per heavy atom. The molecule has 0 saturated carbocycles. The van der Waals surface area contributed by atoms with Crippen LogP contribution in [0.25, 0.3) is 0 Å². The number of oxime groups is 1. The molecule has 6 heteroatoms. The molecule has 0 radical (unpaired) electrons. The van der Waals surface area contributed by atoms with E-state index in [0.717, 1.165) is 0 Å². The molecule has 114 valence electrons. The van der Waals surface area contributed by atoms with Crippen molar-refractivity contribution in [1.29, 1.82) is 0 Å². The smallest absolute Gasteiger partial charge is 0.331 e. The molecule has 0 amide bonds. The van der Waals surface area contributed by atoms with E-state index in [0.29, 0.717) is 12.3 Å². The van der Waals surface area contributed by atoms with Gasteiger partial charge in [0, 0.05) is 18.9 Å². The highest BCUT2D eigenvalue weighted by Gasteiger charge is 2.22. The zero-order valence-corrected chi connectivity index (χ0v) is 12.6. The lowest BCUT2D eigenvalue weighted by Crippen LogP contribution is -2.31. The van der Waals surface area contributed by atoms with Crippen LogP contribution in [-0.2, 0) is 19.2 Å². The average molecular weight is 285 g/mol. The van der Waals surface area contributed by atoms with Crippen LogP contribution in [0.5, 0.6) is 0 Å². The van der Waals surface area contributed by atoms with E-state index in [2.05, 4.69) is 9.99 Å². The van der Waals surface area contributed by atoms with E-state index in [9.17, 15) is 14.7 Å². The first-order valence-corrected chi connectivity index (χ1v) is 6.57. The second-order valence-corrected chi connectivity index (χ2v) is 4.67. The highest BCUT2D eigenvalue weighted by molar-refractivity contribution is 5.91. The summed E-state index contributed by atoms with van der Waals surface area (Å²) in [7, 11) is 0. The molecule has 0 aromatic rings. The standard InChI is InChI=1S/C14H23NO5/c1-6-19-12(17)8-7-10(4)14(18)13(9(2)3)15-20-11(5)16/h7-10,14,18H,6H2,1-5H3/b8-7+,15-13+/t10-,14-/m1/s1. The number of aliphatic hydroxyl groups excluding tert-OH is 1. The predicted molar refractivity (Wildman–Crippen MR) is 75.0 cm³/mol. The van der Waals surface area contributed by atoms with Gasteiger partial charge in [-0.3, -0.25) is 0 Å². The maximum atomic E-state index is 11.2. The van der Waals surface area contributed by atoms with Gasteiger partial charge in [0.2, 0.25) is 0 Å². The molecule has 0 aliphatic carbocycles. The summed E-state index contributed by atoms with van der Waals surface area (Å²) in [6.07, 6.45) is 1.86. The van der Waals surface area contributed by atoms with Gasteiger partial charge in [0.1, 0.15) is 6.10 Å². The number of rotatable bonds is 7. The fourth-order valence-corrected chi connectivity index (χ4v) is 1.41. The van der Waals surface area contributed by atoms with Crippen LogP contribution in [-0.4, -0.2) is 35.5 Å². The van der Waals surface area contributed by atoms with Gasteiger partial charge in [-0.25, -0.2) is 9.59 Å². The van der Waals surface area contributed by atoms with Gasteiger partial charge >= 0.3 is 11.9 Å². The summed E-state index contributed by atoms with van der Waals surface area (Å²) in [5, 5.41) is 13.9. The van der Waals surface area contributed by atoms with Gasteiger partial charge in [-0.1, -0.05) is 32.0 Å². The van der Waals surface area contributed by atoms with E-state index < -0.39 is 18.0 Å². The van der Waals surface area contributed by atoms with Crippen LogP contribution < -0.4 is 0 Å². The number of ether oxygens (including phenoxy) is 1. The lowest BCUT2D eigenvalue weighted by Gasteiger charge is -2.19. The van der Waals surface area contributed by atoms with Crippen molar-refractivity contribution in [2.75, 3.05) is 6.61 Å². The lowest BCUT2D eigenvalue weighted by molar-refractivity contribution is -0.141. The van der Waals surface area contributed by atoms with Crippen LogP contribution in [0.2, 0.25) is 0 Å². The van der Waals surface area contributed by atoms with Crippen molar-refractivity contribution in [3.05, 3.63) is 12.2 Å². The summed E-state index contributed by atoms with van der Waals surface area (Å²) in [4.78, 5) is 26.5. The van der Waals surface area contributed by atoms with Crippen molar-refractivity contribution < 1.29 is 24.3 Å². The summed E-state index contributed by atoms with van der Waals surface area (Å²) < 4.78 is 4.75. The molecule has 0 unspecified atom stereocenters. The van der Waals surface area contributed by atoms with Crippen LogP contribution in [0.4, 0.5) is 0 Å². The molecule has 2 atom stereocenters. The maximum Gasteiger partial charge on any atom is 0.331 e.